The van der Waals surface area contributed by atoms with E-state index in [4.69, 9.17) is 0 Å². The van der Waals surface area contributed by atoms with Crippen LogP contribution in [-0.2, 0) is 5.41 Å². The maximum absolute atomic E-state index is 12.8. The topological polar surface area (TPSA) is 71.1 Å². The zero-order valence-electron chi connectivity index (χ0n) is 17.6. The molecule has 2 aromatic rings. The Balaban J connectivity index is 1.72. The van der Waals surface area contributed by atoms with Gasteiger partial charge in [-0.15, -0.1) is 0 Å². The van der Waals surface area contributed by atoms with Crippen molar-refractivity contribution in [3.8, 4) is 0 Å². The van der Waals surface area contributed by atoms with E-state index in [1.54, 1.807) is 12.1 Å². The fourth-order valence-electron chi connectivity index (χ4n) is 3.82. The van der Waals surface area contributed by atoms with Crippen molar-refractivity contribution < 1.29 is 9.59 Å². The Morgan fingerprint density at radius 2 is 1.66 bits per heavy atom. The molecule has 0 bridgehead atoms. The lowest BCUT2D eigenvalue weighted by Gasteiger charge is -2.23. The second kappa shape index (κ2) is 9.21. The summed E-state index contributed by atoms with van der Waals surface area (Å²) >= 11 is 0. The van der Waals surface area contributed by atoms with E-state index in [2.05, 4.69) is 36.4 Å². The van der Waals surface area contributed by atoms with Crippen LogP contribution in [0.4, 0.5) is 5.69 Å². The van der Waals surface area contributed by atoms with Crippen LogP contribution in [0.15, 0.2) is 42.6 Å². The molecule has 1 aliphatic carbocycles. The zero-order valence-corrected chi connectivity index (χ0v) is 17.6. The molecule has 5 heteroatoms. The van der Waals surface area contributed by atoms with Crippen LogP contribution in [0.25, 0.3) is 0 Å². The highest BCUT2D eigenvalue weighted by atomic mass is 16.2. The Morgan fingerprint density at radius 1 is 0.966 bits per heavy atom. The van der Waals surface area contributed by atoms with Gasteiger partial charge in [0.1, 0.15) is 5.69 Å². The van der Waals surface area contributed by atoms with E-state index in [9.17, 15) is 9.59 Å². The number of amides is 2. The molecule has 1 heterocycles. The molecule has 5 nitrogen and oxygen atoms in total. The highest BCUT2D eigenvalue weighted by molar-refractivity contribution is 6.06. The monoisotopic (exact) mass is 393 g/mol. The van der Waals surface area contributed by atoms with E-state index in [0.717, 1.165) is 36.9 Å². The van der Waals surface area contributed by atoms with Crippen molar-refractivity contribution >= 4 is 17.5 Å². The van der Waals surface area contributed by atoms with Crippen molar-refractivity contribution in [2.45, 2.75) is 70.8 Å². The fourth-order valence-corrected chi connectivity index (χ4v) is 3.82. The third-order valence-electron chi connectivity index (χ3n) is 5.43. The van der Waals surface area contributed by atoms with Gasteiger partial charge in [0, 0.05) is 23.5 Å². The number of para-hydroxylation sites is 1. The molecule has 2 N–H and O–H groups in total. The van der Waals surface area contributed by atoms with Gasteiger partial charge < -0.3 is 10.6 Å². The SMILES string of the molecule is CC(C)(C)c1ccccc1NC(=O)c1ccnc(C(=O)NC2CCCCCC2)c1. The molecule has 2 amide bonds. The minimum absolute atomic E-state index is 0.0914. The molecular weight excluding hydrogens is 362 g/mol. The quantitative estimate of drug-likeness (QED) is 0.711. The van der Waals surface area contributed by atoms with Crippen molar-refractivity contribution in [1.82, 2.24) is 10.3 Å². The van der Waals surface area contributed by atoms with Crippen molar-refractivity contribution in [2.75, 3.05) is 5.32 Å². The Bertz CT molecular complexity index is 862. The third kappa shape index (κ3) is 5.66. The number of anilines is 1. The van der Waals surface area contributed by atoms with Gasteiger partial charge in [0.15, 0.2) is 0 Å². The summed E-state index contributed by atoms with van der Waals surface area (Å²) < 4.78 is 0. The Morgan fingerprint density at radius 3 is 2.34 bits per heavy atom. The maximum atomic E-state index is 12.8. The number of carbonyl (C=O) groups is 2. The Hall–Kier alpha value is -2.69. The normalized spacial score (nSPS) is 15.4. The predicted octanol–water partition coefficient (Wildman–Crippen LogP) is 5.08. The van der Waals surface area contributed by atoms with Gasteiger partial charge in [-0.25, -0.2) is 0 Å². The van der Waals surface area contributed by atoms with Gasteiger partial charge in [0.05, 0.1) is 0 Å². The average molecular weight is 394 g/mol. The van der Waals surface area contributed by atoms with Crippen molar-refractivity contribution in [3.63, 3.8) is 0 Å². The molecule has 1 aromatic carbocycles. The van der Waals surface area contributed by atoms with E-state index in [0.29, 0.717) is 5.56 Å². The van der Waals surface area contributed by atoms with Gasteiger partial charge in [-0.1, -0.05) is 64.7 Å². The van der Waals surface area contributed by atoms with Gasteiger partial charge in [-0.2, -0.15) is 0 Å². The van der Waals surface area contributed by atoms with Crippen molar-refractivity contribution in [3.05, 3.63) is 59.4 Å². The molecular formula is C24H31N3O2. The zero-order chi connectivity index (χ0) is 20.9. The number of nitrogens with zero attached hydrogens (tertiary/aromatic N) is 1. The minimum Gasteiger partial charge on any atom is -0.348 e. The van der Waals surface area contributed by atoms with E-state index < -0.39 is 0 Å². The van der Waals surface area contributed by atoms with E-state index in [1.165, 1.54) is 19.0 Å². The first-order chi connectivity index (χ1) is 13.8. The Labute approximate surface area is 173 Å². The molecule has 29 heavy (non-hydrogen) atoms. The van der Waals surface area contributed by atoms with Crippen LogP contribution in [0.1, 0.15) is 85.7 Å². The first-order valence-corrected chi connectivity index (χ1v) is 10.5. The number of rotatable bonds is 4. The van der Waals surface area contributed by atoms with Gasteiger partial charge in [-0.3, -0.25) is 14.6 Å². The molecule has 3 rings (SSSR count). The van der Waals surface area contributed by atoms with E-state index in [1.807, 2.05) is 24.3 Å². The van der Waals surface area contributed by atoms with Crippen molar-refractivity contribution in [1.29, 1.82) is 0 Å². The molecule has 0 spiro atoms. The summed E-state index contributed by atoms with van der Waals surface area (Å²) in [6.07, 6.45) is 8.30. The molecule has 0 atom stereocenters. The van der Waals surface area contributed by atoms with E-state index >= 15 is 0 Å². The molecule has 1 aromatic heterocycles. The first kappa shape index (κ1) is 21.0. The van der Waals surface area contributed by atoms with Crippen LogP contribution < -0.4 is 10.6 Å². The van der Waals surface area contributed by atoms with E-state index in [-0.39, 0.29) is 29.0 Å². The van der Waals surface area contributed by atoms with Crippen LogP contribution in [0.2, 0.25) is 0 Å². The fraction of sp³-hybridized carbons (Fsp3) is 0.458. The predicted molar refractivity (Wildman–Crippen MR) is 116 cm³/mol. The van der Waals surface area contributed by atoms with Crippen LogP contribution in [0, 0.1) is 0 Å². The summed E-state index contributed by atoms with van der Waals surface area (Å²) in [4.78, 5) is 29.7. The van der Waals surface area contributed by atoms with Crippen molar-refractivity contribution in [2.24, 2.45) is 0 Å². The van der Waals surface area contributed by atoms with Crippen LogP contribution in [-0.4, -0.2) is 22.8 Å². The minimum atomic E-state index is -0.243. The van der Waals surface area contributed by atoms with Gasteiger partial charge >= 0.3 is 0 Å². The molecule has 1 aliphatic rings. The number of nitrogens with one attached hydrogen (secondary N) is 2. The first-order valence-electron chi connectivity index (χ1n) is 10.5. The molecule has 0 unspecified atom stereocenters. The van der Waals surface area contributed by atoms with Gasteiger partial charge in [0.25, 0.3) is 11.8 Å². The lowest BCUT2D eigenvalue weighted by molar-refractivity contribution is 0.0928. The second-order valence-electron chi connectivity index (χ2n) is 8.84. The number of hydrogen-bond acceptors (Lipinski definition) is 3. The summed E-state index contributed by atoms with van der Waals surface area (Å²) in [5, 5.41) is 6.08. The number of carbonyl (C=O) groups excluding carboxylic acids is 2. The molecule has 0 aliphatic heterocycles. The van der Waals surface area contributed by atoms with Crippen LogP contribution >= 0.6 is 0 Å². The number of hydrogen-bond donors (Lipinski definition) is 2. The van der Waals surface area contributed by atoms with Crippen LogP contribution in [0.5, 0.6) is 0 Å². The lowest BCUT2D eigenvalue weighted by atomic mass is 9.86. The molecule has 154 valence electrons. The largest absolute Gasteiger partial charge is 0.348 e. The summed E-state index contributed by atoms with van der Waals surface area (Å²) in [5.41, 5.74) is 2.46. The van der Waals surface area contributed by atoms with Crippen LogP contribution in [0.3, 0.4) is 0 Å². The summed E-state index contributed by atoms with van der Waals surface area (Å²) in [5.74, 6) is -0.450. The highest BCUT2D eigenvalue weighted by Gasteiger charge is 2.20. The third-order valence-corrected chi connectivity index (χ3v) is 5.43. The number of aromatic nitrogens is 1. The van der Waals surface area contributed by atoms with Gasteiger partial charge in [0.2, 0.25) is 0 Å². The smallest absolute Gasteiger partial charge is 0.270 e. The maximum Gasteiger partial charge on any atom is 0.270 e. The number of pyridine rings is 1. The lowest BCUT2D eigenvalue weighted by Crippen LogP contribution is -2.35. The Kier molecular flexibility index (Phi) is 6.68. The highest BCUT2D eigenvalue weighted by Crippen LogP contribution is 2.29. The standard InChI is InChI=1S/C24H31N3O2/c1-24(2,3)19-12-8-9-13-20(19)27-22(28)17-14-15-25-21(16-17)23(29)26-18-10-6-4-5-7-11-18/h8-9,12-16,18H,4-7,10-11H2,1-3H3,(H,26,29)(H,27,28). The average Bonchev–Trinajstić information content (AvgIpc) is 2.96. The molecule has 1 saturated carbocycles. The molecule has 1 fully saturated rings. The second-order valence-corrected chi connectivity index (χ2v) is 8.84. The number of benzene rings is 1. The molecule has 0 saturated heterocycles. The summed E-state index contributed by atoms with van der Waals surface area (Å²) in [6, 6.07) is 11.2. The van der Waals surface area contributed by atoms with Gasteiger partial charge in [-0.05, 0) is 42.0 Å². The molecule has 0 radical (unpaired) electrons. The summed E-state index contributed by atoms with van der Waals surface area (Å²) in [6.45, 7) is 6.33. The summed E-state index contributed by atoms with van der Waals surface area (Å²) in [7, 11) is 0.